The third kappa shape index (κ3) is 5.13. The lowest BCUT2D eigenvalue weighted by Gasteiger charge is -2.16. The lowest BCUT2D eigenvalue weighted by Crippen LogP contribution is -2.27. The number of aromatic nitrogens is 2. The van der Waals surface area contributed by atoms with E-state index >= 15 is 0 Å². The van der Waals surface area contributed by atoms with Crippen LogP contribution in [0.1, 0.15) is 11.1 Å². The number of hydrogen-bond acceptors (Lipinski definition) is 3. The van der Waals surface area contributed by atoms with Gasteiger partial charge < -0.3 is 9.64 Å². The van der Waals surface area contributed by atoms with Gasteiger partial charge in [0, 0.05) is 25.4 Å². The molecule has 0 fully saturated rings. The first-order chi connectivity index (χ1) is 13.0. The second kappa shape index (κ2) is 8.44. The van der Waals surface area contributed by atoms with Gasteiger partial charge in [-0.15, -0.1) is 0 Å². The van der Waals surface area contributed by atoms with Gasteiger partial charge in [-0.1, -0.05) is 30.3 Å². The van der Waals surface area contributed by atoms with Crippen molar-refractivity contribution < 1.29 is 18.3 Å². The van der Waals surface area contributed by atoms with Crippen LogP contribution in [0.5, 0.6) is 5.75 Å². The molecule has 0 aliphatic rings. The molecule has 0 bridgehead atoms. The highest BCUT2D eigenvalue weighted by molar-refractivity contribution is 5.78. The van der Waals surface area contributed by atoms with Gasteiger partial charge in [-0.2, -0.15) is 13.9 Å². The predicted molar refractivity (Wildman–Crippen MR) is 96.8 cm³/mol. The lowest BCUT2D eigenvalue weighted by atomic mass is 10.1. The van der Waals surface area contributed by atoms with Crippen molar-refractivity contribution in [1.29, 1.82) is 0 Å². The molecular weight excluding hydrogens is 352 g/mol. The Bertz CT molecular complexity index is 880. The summed E-state index contributed by atoms with van der Waals surface area (Å²) in [6.07, 6.45) is 3.79. The van der Waals surface area contributed by atoms with E-state index in [1.165, 1.54) is 12.1 Å². The molecule has 0 unspecified atom stereocenters. The highest BCUT2D eigenvalue weighted by Crippen LogP contribution is 2.16. The Kier molecular flexibility index (Phi) is 5.80. The number of nitrogens with zero attached hydrogens (tertiary/aromatic N) is 3. The Balaban J connectivity index is 1.57. The van der Waals surface area contributed by atoms with Gasteiger partial charge >= 0.3 is 6.61 Å². The number of rotatable bonds is 7. The van der Waals surface area contributed by atoms with Crippen LogP contribution in [-0.2, 0) is 17.8 Å². The second-order valence-corrected chi connectivity index (χ2v) is 6.08. The first-order valence-electron chi connectivity index (χ1n) is 8.38. The van der Waals surface area contributed by atoms with Gasteiger partial charge in [0.15, 0.2) is 0 Å². The summed E-state index contributed by atoms with van der Waals surface area (Å²) in [5, 5.41) is 4.32. The van der Waals surface area contributed by atoms with Crippen LogP contribution in [0.15, 0.2) is 67.0 Å². The number of halogens is 2. The lowest BCUT2D eigenvalue weighted by molar-refractivity contribution is -0.129. The Morgan fingerprint density at radius 1 is 1.11 bits per heavy atom. The molecule has 3 aromatic rings. The fourth-order valence-corrected chi connectivity index (χ4v) is 2.62. The van der Waals surface area contributed by atoms with Gasteiger partial charge in [0.1, 0.15) is 5.75 Å². The van der Waals surface area contributed by atoms with E-state index in [2.05, 4.69) is 9.84 Å². The summed E-state index contributed by atoms with van der Waals surface area (Å²) in [5.74, 6) is -0.00660. The molecule has 0 aliphatic carbocycles. The Hall–Kier alpha value is -3.22. The van der Waals surface area contributed by atoms with E-state index in [1.54, 1.807) is 35.0 Å². The number of carbonyl (C=O) groups excluding carboxylic acids is 1. The third-order valence-corrected chi connectivity index (χ3v) is 4.01. The van der Waals surface area contributed by atoms with Crippen molar-refractivity contribution in [1.82, 2.24) is 14.7 Å². The fourth-order valence-electron chi connectivity index (χ4n) is 2.62. The molecule has 0 saturated heterocycles. The maximum Gasteiger partial charge on any atom is 0.387 e. The Morgan fingerprint density at radius 3 is 2.48 bits per heavy atom. The minimum atomic E-state index is -2.86. The number of ether oxygens (including phenoxy) is 1. The van der Waals surface area contributed by atoms with E-state index < -0.39 is 6.61 Å². The molecule has 140 valence electrons. The number of amides is 1. The third-order valence-electron chi connectivity index (χ3n) is 4.01. The topological polar surface area (TPSA) is 47.4 Å². The summed E-state index contributed by atoms with van der Waals surface area (Å²) in [4.78, 5) is 14.0. The van der Waals surface area contributed by atoms with Crippen molar-refractivity contribution in [2.24, 2.45) is 0 Å². The molecule has 3 rings (SSSR count). The van der Waals surface area contributed by atoms with Crippen LogP contribution in [0.2, 0.25) is 0 Å². The zero-order valence-electron chi connectivity index (χ0n) is 14.8. The average molecular weight is 371 g/mol. The highest BCUT2D eigenvalue weighted by Gasteiger charge is 2.12. The first kappa shape index (κ1) is 18.6. The number of alkyl halides is 2. The quantitative estimate of drug-likeness (QED) is 0.637. The van der Waals surface area contributed by atoms with Crippen molar-refractivity contribution in [3.05, 3.63) is 78.1 Å². The van der Waals surface area contributed by atoms with Crippen molar-refractivity contribution in [2.45, 2.75) is 19.6 Å². The van der Waals surface area contributed by atoms with Crippen molar-refractivity contribution in [3.8, 4) is 11.4 Å². The molecule has 5 nitrogen and oxygen atoms in total. The smallest absolute Gasteiger partial charge is 0.387 e. The van der Waals surface area contributed by atoms with Crippen LogP contribution in [0.25, 0.3) is 5.69 Å². The van der Waals surface area contributed by atoms with Gasteiger partial charge in [-0.3, -0.25) is 4.79 Å². The van der Waals surface area contributed by atoms with Crippen LogP contribution in [0, 0.1) is 0 Å². The summed E-state index contributed by atoms with van der Waals surface area (Å²) >= 11 is 0. The van der Waals surface area contributed by atoms with Crippen LogP contribution in [0.3, 0.4) is 0 Å². The number of para-hydroxylation sites is 1. The number of benzene rings is 2. The second-order valence-electron chi connectivity index (χ2n) is 6.08. The first-order valence-corrected chi connectivity index (χ1v) is 8.38. The molecular formula is C20H19F2N3O2. The van der Waals surface area contributed by atoms with E-state index in [0.717, 1.165) is 16.8 Å². The van der Waals surface area contributed by atoms with Crippen LogP contribution >= 0.6 is 0 Å². The van der Waals surface area contributed by atoms with E-state index in [1.807, 2.05) is 36.5 Å². The zero-order valence-corrected chi connectivity index (χ0v) is 14.8. The summed E-state index contributed by atoms with van der Waals surface area (Å²) in [6.45, 7) is -2.43. The maximum absolute atomic E-state index is 12.4. The summed E-state index contributed by atoms with van der Waals surface area (Å²) in [6, 6.07) is 15.8. The van der Waals surface area contributed by atoms with Gasteiger partial charge in [0.05, 0.1) is 18.3 Å². The molecule has 1 heterocycles. The molecule has 1 aromatic heterocycles. The molecule has 0 spiro atoms. The molecule has 1 amide bonds. The SMILES string of the molecule is CN(Cc1cnn(-c2ccccc2)c1)C(=O)Cc1ccc(OC(F)F)cc1. The predicted octanol–water partition coefficient (Wildman–Crippen LogP) is 3.67. The monoisotopic (exact) mass is 371 g/mol. The van der Waals surface area contributed by atoms with Crippen molar-refractivity contribution >= 4 is 5.91 Å². The average Bonchev–Trinajstić information content (AvgIpc) is 3.12. The summed E-state index contributed by atoms with van der Waals surface area (Å²) in [7, 11) is 1.72. The van der Waals surface area contributed by atoms with E-state index in [-0.39, 0.29) is 18.1 Å². The van der Waals surface area contributed by atoms with E-state index in [4.69, 9.17) is 0 Å². The van der Waals surface area contributed by atoms with Gasteiger partial charge in [-0.25, -0.2) is 4.68 Å². The number of hydrogen-bond donors (Lipinski definition) is 0. The zero-order chi connectivity index (χ0) is 19.2. The summed E-state index contributed by atoms with van der Waals surface area (Å²) in [5.41, 5.74) is 2.59. The summed E-state index contributed by atoms with van der Waals surface area (Å²) < 4.78 is 30.4. The molecule has 0 saturated carbocycles. The highest BCUT2D eigenvalue weighted by atomic mass is 19.3. The number of carbonyl (C=O) groups is 1. The van der Waals surface area contributed by atoms with Gasteiger partial charge in [0.25, 0.3) is 0 Å². The Labute approximate surface area is 155 Å². The van der Waals surface area contributed by atoms with Crippen molar-refractivity contribution in [2.75, 3.05) is 7.05 Å². The maximum atomic E-state index is 12.4. The van der Waals surface area contributed by atoms with E-state index in [0.29, 0.717) is 6.54 Å². The minimum Gasteiger partial charge on any atom is -0.435 e. The number of likely N-dealkylation sites (N-methyl/N-ethyl adjacent to an activating group) is 1. The molecule has 0 atom stereocenters. The minimum absolute atomic E-state index is 0.0721. The molecule has 2 aromatic carbocycles. The normalized spacial score (nSPS) is 10.8. The largest absolute Gasteiger partial charge is 0.435 e. The molecule has 7 heteroatoms. The molecule has 0 aliphatic heterocycles. The van der Waals surface area contributed by atoms with Crippen LogP contribution < -0.4 is 4.74 Å². The standard InChI is InChI=1S/C20H19F2N3O2/c1-24(13-16-12-23-25(14-16)17-5-3-2-4-6-17)19(26)11-15-7-9-18(10-8-15)27-20(21)22/h2-10,12,14,20H,11,13H2,1H3. The van der Waals surface area contributed by atoms with E-state index in [9.17, 15) is 13.6 Å². The Morgan fingerprint density at radius 2 is 1.81 bits per heavy atom. The van der Waals surface area contributed by atoms with Crippen molar-refractivity contribution in [3.63, 3.8) is 0 Å². The van der Waals surface area contributed by atoms with Gasteiger partial charge in [0.2, 0.25) is 5.91 Å². The molecule has 0 N–H and O–H groups in total. The molecule has 0 radical (unpaired) electrons. The van der Waals surface area contributed by atoms with Crippen LogP contribution in [-0.4, -0.2) is 34.2 Å². The van der Waals surface area contributed by atoms with Crippen LogP contribution in [0.4, 0.5) is 8.78 Å². The molecule has 27 heavy (non-hydrogen) atoms. The van der Waals surface area contributed by atoms with Gasteiger partial charge in [-0.05, 0) is 29.8 Å². The fraction of sp³-hybridized carbons (Fsp3) is 0.200.